The summed E-state index contributed by atoms with van der Waals surface area (Å²) in [7, 11) is 0. The molecule has 2 rings (SSSR count). The topological polar surface area (TPSA) is 52.6 Å². The van der Waals surface area contributed by atoms with Crippen LogP contribution in [0.15, 0.2) is 18.2 Å². The maximum absolute atomic E-state index is 12.4. The Bertz CT molecular complexity index is 453. The van der Waals surface area contributed by atoms with Gasteiger partial charge >= 0.3 is 0 Å². The van der Waals surface area contributed by atoms with E-state index in [4.69, 9.17) is 0 Å². The first-order chi connectivity index (χ1) is 9.11. The molecule has 0 bridgehead atoms. The molecule has 0 spiro atoms. The molecule has 1 aliphatic heterocycles. The number of phenols is 1. The van der Waals surface area contributed by atoms with E-state index in [1.807, 2.05) is 19.9 Å². The van der Waals surface area contributed by atoms with Crippen LogP contribution in [-0.4, -0.2) is 41.6 Å². The van der Waals surface area contributed by atoms with Crippen LogP contribution < -0.4 is 5.32 Å². The summed E-state index contributed by atoms with van der Waals surface area (Å²) in [5.74, 6) is -0.0171. The van der Waals surface area contributed by atoms with Crippen LogP contribution in [0.4, 0.5) is 0 Å². The van der Waals surface area contributed by atoms with Gasteiger partial charge in [-0.05, 0) is 50.9 Å². The number of hydrogen-bond acceptors (Lipinski definition) is 3. The lowest BCUT2D eigenvalue weighted by atomic mass is 10.1. The number of rotatable bonds is 4. The summed E-state index contributed by atoms with van der Waals surface area (Å²) in [5, 5.41) is 13.3. The molecular weight excluding hydrogens is 240 g/mol. The Morgan fingerprint density at radius 3 is 2.89 bits per heavy atom. The van der Waals surface area contributed by atoms with Gasteiger partial charge in [0.25, 0.3) is 5.91 Å². The van der Waals surface area contributed by atoms with Crippen LogP contribution in [0.2, 0.25) is 0 Å². The molecule has 4 nitrogen and oxygen atoms in total. The molecule has 19 heavy (non-hydrogen) atoms. The third-order valence-corrected chi connectivity index (χ3v) is 3.66. The molecule has 2 N–H and O–H groups in total. The van der Waals surface area contributed by atoms with Crippen molar-refractivity contribution in [3.8, 4) is 5.75 Å². The zero-order chi connectivity index (χ0) is 13.8. The summed E-state index contributed by atoms with van der Waals surface area (Å²) in [6.07, 6.45) is 2.29. The summed E-state index contributed by atoms with van der Waals surface area (Å²) < 4.78 is 0. The Hall–Kier alpha value is -1.55. The van der Waals surface area contributed by atoms with Crippen molar-refractivity contribution in [2.24, 2.45) is 0 Å². The molecule has 1 atom stereocenters. The zero-order valence-electron chi connectivity index (χ0n) is 11.6. The van der Waals surface area contributed by atoms with Crippen molar-refractivity contribution in [3.05, 3.63) is 29.3 Å². The van der Waals surface area contributed by atoms with E-state index in [0.29, 0.717) is 24.7 Å². The molecule has 0 aromatic heterocycles. The van der Waals surface area contributed by atoms with Crippen LogP contribution in [0.1, 0.15) is 35.7 Å². The van der Waals surface area contributed by atoms with Gasteiger partial charge in [-0.15, -0.1) is 0 Å². The quantitative estimate of drug-likeness (QED) is 0.871. The van der Waals surface area contributed by atoms with Gasteiger partial charge in [-0.25, -0.2) is 0 Å². The molecule has 1 fully saturated rings. The highest BCUT2D eigenvalue weighted by Crippen LogP contribution is 2.20. The molecule has 1 aromatic carbocycles. The van der Waals surface area contributed by atoms with Crippen molar-refractivity contribution in [2.75, 3.05) is 19.6 Å². The molecule has 0 aliphatic carbocycles. The van der Waals surface area contributed by atoms with E-state index in [1.54, 1.807) is 17.0 Å². The van der Waals surface area contributed by atoms with E-state index in [9.17, 15) is 9.90 Å². The van der Waals surface area contributed by atoms with Gasteiger partial charge in [0.2, 0.25) is 0 Å². The summed E-state index contributed by atoms with van der Waals surface area (Å²) >= 11 is 0. The average molecular weight is 262 g/mol. The number of aryl methyl sites for hydroxylation is 1. The average Bonchev–Trinajstić information content (AvgIpc) is 2.88. The second kappa shape index (κ2) is 6.06. The van der Waals surface area contributed by atoms with Gasteiger partial charge in [0, 0.05) is 19.1 Å². The van der Waals surface area contributed by atoms with Crippen LogP contribution in [-0.2, 0) is 0 Å². The molecule has 104 valence electrons. The van der Waals surface area contributed by atoms with Crippen molar-refractivity contribution in [1.29, 1.82) is 0 Å². The number of phenolic OH excluding ortho intramolecular Hbond substituents is 1. The maximum atomic E-state index is 12.4. The number of nitrogens with zero attached hydrogens (tertiary/aromatic N) is 1. The first-order valence-corrected chi connectivity index (χ1v) is 6.94. The molecule has 1 unspecified atom stereocenters. The lowest BCUT2D eigenvalue weighted by Crippen LogP contribution is -2.41. The largest absolute Gasteiger partial charge is 0.507 e. The van der Waals surface area contributed by atoms with Gasteiger partial charge in [-0.1, -0.05) is 6.07 Å². The van der Waals surface area contributed by atoms with Gasteiger partial charge in [0.05, 0.1) is 5.56 Å². The SMILES string of the molecule is CCN(CC1CCCN1)C(=O)c1ccc(C)cc1O. The summed E-state index contributed by atoms with van der Waals surface area (Å²) in [6.45, 7) is 6.27. The fraction of sp³-hybridized carbons (Fsp3) is 0.533. The number of amides is 1. The van der Waals surface area contributed by atoms with Crippen molar-refractivity contribution >= 4 is 5.91 Å². The normalized spacial score (nSPS) is 18.5. The molecule has 4 heteroatoms. The lowest BCUT2D eigenvalue weighted by molar-refractivity contribution is 0.0748. The van der Waals surface area contributed by atoms with Crippen molar-refractivity contribution in [2.45, 2.75) is 32.7 Å². The highest BCUT2D eigenvalue weighted by Gasteiger charge is 2.22. The van der Waals surface area contributed by atoms with E-state index < -0.39 is 0 Å². The van der Waals surface area contributed by atoms with E-state index in [2.05, 4.69) is 5.32 Å². The summed E-state index contributed by atoms with van der Waals surface area (Å²) in [6, 6.07) is 5.58. The minimum absolute atomic E-state index is 0.0721. The highest BCUT2D eigenvalue weighted by molar-refractivity contribution is 5.96. The predicted molar refractivity (Wildman–Crippen MR) is 75.4 cm³/mol. The molecule has 0 saturated carbocycles. The number of benzene rings is 1. The number of carbonyl (C=O) groups excluding carboxylic acids is 1. The van der Waals surface area contributed by atoms with Gasteiger partial charge in [-0.3, -0.25) is 4.79 Å². The number of aromatic hydroxyl groups is 1. The third-order valence-electron chi connectivity index (χ3n) is 3.66. The van der Waals surface area contributed by atoms with Crippen LogP contribution in [0, 0.1) is 6.92 Å². The minimum Gasteiger partial charge on any atom is -0.507 e. The number of carbonyl (C=O) groups is 1. The Balaban J connectivity index is 2.10. The van der Waals surface area contributed by atoms with Crippen molar-refractivity contribution in [3.63, 3.8) is 0 Å². The maximum Gasteiger partial charge on any atom is 0.257 e. The zero-order valence-corrected chi connectivity index (χ0v) is 11.6. The molecule has 1 aliphatic rings. The van der Waals surface area contributed by atoms with Crippen LogP contribution in [0.5, 0.6) is 5.75 Å². The number of likely N-dealkylation sites (N-methyl/N-ethyl adjacent to an activating group) is 1. The Labute approximate surface area is 114 Å². The monoisotopic (exact) mass is 262 g/mol. The Morgan fingerprint density at radius 2 is 2.32 bits per heavy atom. The molecule has 0 radical (unpaired) electrons. The number of hydrogen-bond donors (Lipinski definition) is 2. The van der Waals surface area contributed by atoms with Crippen LogP contribution in [0.25, 0.3) is 0 Å². The van der Waals surface area contributed by atoms with E-state index >= 15 is 0 Å². The predicted octanol–water partition coefficient (Wildman–Crippen LogP) is 1.91. The van der Waals surface area contributed by atoms with Gasteiger partial charge in [0.1, 0.15) is 5.75 Å². The van der Waals surface area contributed by atoms with E-state index in [1.165, 1.54) is 6.42 Å². The molecule has 1 aromatic rings. The highest BCUT2D eigenvalue weighted by atomic mass is 16.3. The minimum atomic E-state index is -0.0892. The van der Waals surface area contributed by atoms with Gasteiger partial charge in [-0.2, -0.15) is 0 Å². The second-order valence-electron chi connectivity index (χ2n) is 5.16. The van der Waals surface area contributed by atoms with Crippen molar-refractivity contribution < 1.29 is 9.90 Å². The fourth-order valence-electron chi connectivity index (χ4n) is 2.53. The molecular formula is C15H22N2O2. The Kier molecular flexibility index (Phi) is 4.43. The second-order valence-corrected chi connectivity index (χ2v) is 5.16. The standard InChI is InChI=1S/C15H22N2O2/c1-3-17(10-12-5-4-8-16-12)15(19)13-7-6-11(2)9-14(13)18/h6-7,9,12,16,18H,3-5,8,10H2,1-2H3. The first-order valence-electron chi connectivity index (χ1n) is 6.94. The van der Waals surface area contributed by atoms with Gasteiger partial charge < -0.3 is 15.3 Å². The molecule has 1 saturated heterocycles. The third kappa shape index (κ3) is 3.26. The van der Waals surface area contributed by atoms with Gasteiger partial charge in [0.15, 0.2) is 0 Å². The van der Waals surface area contributed by atoms with Crippen LogP contribution in [0.3, 0.4) is 0 Å². The number of nitrogens with one attached hydrogen (secondary N) is 1. The molecule has 1 heterocycles. The van der Waals surface area contributed by atoms with E-state index in [0.717, 1.165) is 18.5 Å². The summed E-state index contributed by atoms with van der Waals surface area (Å²) in [4.78, 5) is 14.2. The summed E-state index contributed by atoms with van der Waals surface area (Å²) in [5.41, 5.74) is 1.35. The lowest BCUT2D eigenvalue weighted by Gasteiger charge is -2.25. The van der Waals surface area contributed by atoms with E-state index in [-0.39, 0.29) is 11.7 Å². The smallest absolute Gasteiger partial charge is 0.257 e. The van der Waals surface area contributed by atoms with Crippen LogP contribution >= 0.6 is 0 Å². The Morgan fingerprint density at radius 1 is 1.53 bits per heavy atom. The first kappa shape index (κ1) is 13.9. The fourth-order valence-corrected chi connectivity index (χ4v) is 2.53. The molecule has 1 amide bonds. The van der Waals surface area contributed by atoms with Crippen molar-refractivity contribution in [1.82, 2.24) is 10.2 Å².